The van der Waals surface area contributed by atoms with Gasteiger partial charge in [-0.3, -0.25) is 9.59 Å². The van der Waals surface area contributed by atoms with Gasteiger partial charge in [-0.15, -0.1) is 0 Å². The largest absolute Gasteiger partial charge is 0.355 e. The highest BCUT2D eigenvalue weighted by molar-refractivity contribution is 5.93. The van der Waals surface area contributed by atoms with Crippen LogP contribution in [0.25, 0.3) is 0 Å². The van der Waals surface area contributed by atoms with Crippen LogP contribution in [-0.4, -0.2) is 42.9 Å². The van der Waals surface area contributed by atoms with Gasteiger partial charge in [-0.2, -0.15) is 0 Å². The van der Waals surface area contributed by atoms with Crippen molar-refractivity contribution in [1.82, 2.24) is 10.2 Å². The number of amides is 2. The van der Waals surface area contributed by atoms with Gasteiger partial charge < -0.3 is 15.1 Å². The average Bonchev–Trinajstić information content (AvgIpc) is 3.26. The van der Waals surface area contributed by atoms with E-state index in [0.717, 1.165) is 36.4 Å². The molecule has 160 valence electrons. The molecule has 0 saturated carbocycles. The SMILES string of the molecule is CCC(=O)N(Cc1cccc(F)c1)c1ccc(CC(=O)NCCN2CCCC2)cc1. The minimum atomic E-state index is -0.317. The highest BCUT2D eigenvalue weighted by Crippen LogP contribution is 2.20. The Morgan fingerprint density at radius 2 is 1.80 bits per heavy atom. The maximum Gasteiger partial charge on any atom is 0.227 e. The van der Waals surface area contributed by atoms with Gasteiger partial charge in [0.1, 0.15) is 5.82 Å². The van der Waals surface area contributed by atoms with E-state index in [4.69, 9.17) is 0 Å². The molecule has 2 amide bonds. The fourth-order valence-corrected chi connectivity index (χ4v) is 3.73. The van der Waals surface area contributed by atoms with E-state index >= 15 is 0 Å². The highest BCUT2D eigenvalue weighted by atomic mass is 19.1. The van der Waals surface area contributed by atoms with E-state index in [-0.39, 0.29) is 17.6 Å². The first kappa shape index (κ1) is 22.0. The number of rotatable bonds is 9. The molecule has 0 radical (unpaired) electrons. The maximum absolute atomic E-state index is 13.5. The van der Waals surface area contributed by atoms with Gasteiger partial charge in [0.25, 0.3) is 0 Å². The highest BCUT2D eigenvalue weighted by Gasteiger charge is 2.16. The number of nitrogens with one attached hydrogen (secondary N) is 1. The molecule has 0 unspecified atom stereocenters. The second kappa shape index (κ2) is 10.9. The lowest BCUT2D eigenvalue weighted by Crippen LogP contribution is -2.34. The first-order chi connectivity index (χ1) is 14.5. The van der Waals surface area contributed by atoms with Gasteiger partial charge in [-0.1, -0.05) is 31.2 Å². The first-order valence-corrected chi connectivity index (χ1v) is 10.7. The zero-order valence-corrected chi connectivity index (χ0v) is 17.6. The molecule has 2 aromatic carbocycles. The third-order valence-corrected chi connectivity index (χ3v) is 5.39. The Morgan fingerprint density at radius 3 is 2.47 bits per heavy atom. The molecule has 5 nitrogen and oxygen atoms in total. The zero-order valence-electron chi connectivity index (χ0n) is 17.6. The molecule has 1 aliphatic heterocycles. The molecular weight excluding hydrogens is 381 g/mol. The summed E-state index contributed by atoms with van der Waals surface area (Å²) in [6, 6.07) is 13.7. The topological polar surface area (TPSA) is 52.7 Å². The number of carbonyl (C=O) groups is 2. The predicted molar refractivity (Wildman–Crippen MR) is 117 cm³/mol. The molecule has 0 atom stereocenters. The number of likely N-dealkylation sites (tertiary alicyclic amines) is 1. The summed E-state index contributed by atoms with van der Waals surface area (Å²) in [5.41, 5.74) is 2.37. The number of carbonyl (C=O) groups excluding carboxylic acids is 2. The van der Waals surface area contributed by atoms with E-state index in [1.165, 1.54) is 25.0 Å². The van der Waals surface area contributed by atoms with Gasteiger partial charge in [0.15, 0.2) is 0 Å². The van der Waals surface area contributed by atoms with Gasteiger partial charge in [-0.05, 0) is 61.3 Å². The van der Waals surface area contributed by atoms with Crippen LogP contribution in [0, 0.1) is 5.82 Å². The second-order valence-corrected chi connectivity index (χ2v) is 7.71. The van der Waals surface area contributed by atoms with Crippen molar-refractivity contribution < 1.29 is 14.0 Å². The standard InChI is InChI=1S/C24H30FN3O2/c1-2-24(30)28(18-20-6-5-7-21(25)16-20)22-10-8-19(9-11-22)17-23(29)26-12-15-27-13-3-4-14-27/h5-11,16H,2-4,12-15,17-18H2,1H3,(H,26,29). The Hall–Kier alpha value is -2.73. The fraction of sp³-hybridized carbons (Fsp3) is 0.417. The van der Waals surface area contributed by atoms with Crippen molar-refractivity contribution >= 4 is 17.5 Å². The lowest BCUT2D eigenvalue weighted by Gasteiger charge is -2.23. The van der Waals surface area contributed by atoms with Crippen molar-refractivity contribution in [2.24, 2.45) is 0 Å². The van der Waals surface area contributed by atoms with E-state index in [1.807, 2.05) is 31.2 Å². The molecular formula is C24H30FN3O2. The zero-order chi connectivity index (χ0) is 21.3. The second-order valence-electron chi connectivity index (χ2n) is 7.71. The quantitative estimate of drug-likeness (QED) is 0.687. The lowest BCUT2D eigenvalue weighted by molar-refractivity contribution is -0.120. The Morgan fingerprint density at radius 1 is 1.07 bits per heavy atom. The van der Waals surface area contributed by atoms with Crippen LogP contribution in [0.3, 0.4) is 0 Å². The Kier molecular flexibility index (Phi) is 7.97. The molecule has 3 rings (SSSR count). The number of benzene rings is 2. The summed E-state index contributed by atoms with van der Waals surface area (Å²) in [6.45, 7) is 5.94. The van der Waals surface area contributed by atoms with Gasteiger partial charge in [0.05, 0.1) is 13.0 Å². The molecule has 1 N–H and O–H groups in total. The van der Waals surface area contributed by atoms with Crippen LogP contribution in [0.4, 0.5) is 10.1 Å². The van der Waals surface area contributed by atoms with Crippen LogP contribution in [0.15, 0.2) is 48.5 Å². The predicted octanol–water partition coefficient (Wildman–Crippen LogP) is 3.52. The third-order valence-electron chi connectivity index (χ3n) is 5.39. The molecule has 1 saturated heterocycles. The smallest absolute Gasteiger partial charge is 0.227 e. The van der Waals surface area contributed by atoms with Gasteiger partial charge in [0, 0.05) is 25.2 Å². The number of halogens is 1. The van der Waals surface area contributed by atoms with Gasteiger partial charge in [-0.25, -0.2) is 4.39 Å². The van der Waals surface area contributed by atoms with Crippen LogP contribution in [0.2, 0.25) is 0 Å². The van der Waals surface area contributed by atoms with Gasteiger partial charge >= 0.3 is 0 Å². The lowest BCUT2D eigenvalue weighted by atomic mass is 10.1. The number of hydrogen-bond acceptors (Lipinski definition) is 3. The molecule has 0 aliphatic carbocycles. The fourth-order valence-electron chi connectivity index (χ4n) is 3.73. The van der Waals surface area contributed by atoms with E-state index in [1.54, 1.807) is 17.0 Å². The van der Waals surface area contributed by atoms with Crippen LogP contribution in [-0.2, 0) is 22.6 Å². The van der Waals surface area contributed by atoms with Crippen LogP contribution in [0.1, 0.15) is 37.3 Å². The number of hydrogen-bond donors (Lipinski definition) is 1. The summed E-state index contributed by atoms with van der Waals surface area (Å²) in [4.78, 5) is 28.7. The van der Waals surface area contributed by atoms with Crippen LogP contribution >= 0.6 is 0 Å². The average molecular weight is 412 g/mol. The normalized spacial score (nSPS) is 13.9. The van der Waals surface area contributed by atoms with E-state index < -0.39 is 0 Å². The molecule has 2 aromatic rings. The molecule has 0 aromatic heterocycles. The van der Waals surface area contributed by atoms with Crippen molar-refractivity contribution in [2.75, 3.05) is 31.1 Å². The van der Waals surface area contributed by atoms with Crippen LogP contribution < -0.4 is 10.2 Å². The third kappa shape index (κ3) is 6.39. The summed E-state index contributed by atoms with van der Waals surface area (Å²) in [5, 5.41) is 2.98. The minimum Gasteiger partial charge on any atom is -0.355 e. The molecule has 6 heteroatoms. The van der Waals surface area contributed by atoms with Crippen molar-refractivity contribution in [2.45, 2.75) is 39.2 Å². The summed E-state index contributed by atoms with van der Waals surface area (Å²) in [7, 11) is 0. The van der Waals surface area contributed by atoms with Crippen molar-refractivity contribution in [3.63, 3.8) is 0 Å². The minimum absolute atomic E-state index is 0.00296. The van der Waals surface area contributed by atoms with Crippen molar-refractivity contribution in [3.05, 3.63) is 65.5 Å². The summed E-state index contributed by atoms with van der Waals surface area (Å²) >= 11 is 0. The Balaban J connectivity index is 1.57. The first-order valence-electron chi connectivity index (χ1n) is 10.7. The molecule has 1 heterocycles. The molecule has 30 heavy (non-hydrogen) atoms. The Labute approximate surface area is 177 Å². The maximum atomic E-state index is 13.5. The van der Waals surface area contributed by atoms with E-state index in [2.05, 4.69) is 10.2 Å². The van der Waals surface area contributed by atoms with Crippen molar-refractivity contribution in [3.8, 4) is 0 Å². The number of nitrogens with zero attached hydrogens (tertiary/aromatic N) is 2. The van der Waals surface area contributed by atoms with Crippen molar-refractivity contribution in [1.29, 1.82) is 0 Å². The molecule has 1 aliphatic rings. The molecule has 1 fully saturated rings. The van der Waals surface area contributed by atoms with Gasteiger partial charge in [0.2, 0.25) is 11.8 Å². The molecule has 0 spiro atoms. The summed E-state index contributed by atoms with van der Waals surface area (Å²) < 4.78 is 13.5. The Bertz CT molecular complexity index is 848. The van der Waals surface area contributed by atoms with E-state index in [0.29, 0.717) is 25.9 Å². The molecule has 0 bridgehead atoms. The van der Waals surface area contributed by atoms with E-state index in [9.17, 15) is 14.0 Å². The summed E-state index contributed by atoms with van der Waals surface area (Å²) in [6.07, 6.45) is 3.16. The van der Waals surface area contributed by atoms with Crippen LogP contribution in [0.5, 0.6) is 0 Å². The summed E-state index contributed by atoms with van der Waals surface area (Å²) in [5.74, 6) is -0.350. The number of anilines is 1. The monoisotopic (exact) mass is 411 g/mol.